The van der Waals surface area contributed by atoms with Gasteiger partial charge in [0.25, 0.3) is 0 Å². The number of rotatable bonds is 7. The molecule has 0 aliphatic heterocycles. The van der Waals surface area contributed by atoms with Crippen molar-refractivity contribution in [3.63, 3.8) is 0 Å². The molecule has 2 rings (SSSR count). The topological polar surface area (TPSA) is 51.0 Å². The number of nitrogens with zero attached hydrogens (tertiary/aromatic N) is 2. The van der Waals surface area contributed by atoms with Crippen molar-refractivity contribution in [3.8, 4) is 0 Å². The second-order valence-electron chi connectivity index (χ2n) is 4.36. The molecule has 1 heterocycles. The van der Waals surface area contributed by atoms with E-state index in [4.69, 9.17) is 16.0 Å². The number of benzene rings is 1. The molecule has 1 aromatic heterocycles. The van der Waals surface area contributed by atoms with Gasteiger partial charge in [-0.05, 0) is 24.6 Å². The molecule has 102 valence electrons. The summed E-state index contributed by atoms with van der Waals surface area (Å²) in [4.78, 5) is 0. The predicted octanol–water partition coefficient (Wildman–Crippen LogP) is 2.86. The summed E-state index contributed by atoms with van der Waals surface area (Å²) in [7, 11) is 0. The van der Waals surface area contributed by atoms with Crippen LogP contribution in [0.15, 0.2) is 28.7 Å². The van der Waals surface area contributed by atoms with Gasteiger partial charge in [-0.3, -0.25) is 0 Å². The molecule has 0 unspecified atom stereocenters. The maximum atomic E-state index is 6.10. The number of halogens is 1. The van der Waals surface area contributed by atoms with Crippen molar-refractivity contribution >= 4 is 11.6 Å². The molecule has 0 amide bonds. The molecular formula is C14H18ClN3O. The van der Waals surface area contributed by atoms with E-state index in [9.17, 15) is 0 Å². The largest absolute Gasteiger partial charge is 0.425 e. The Labute approximate surface area is 118 Å². The van der Waals surface area contributed by atoms with Gasteiger partial charge >= 0.3 is 0 Å². The lowest BCUT2D eigenvalue weighted by Gasteiger charge is -2.00. The Bertz CT molecular complexity index is 513. The first-order valence-electron chi connectivity index (χ1n) is 6.55. The lowest BCUT2D eigenvalue weighted by Crippen LogP contribution is -2.17. The van der Waals surface area contributed by atoms with Gasteiger partial charge in [0, 0.05) is 18.0 Å². The van der Waals surface area contributed by atoms with Gasteiger partial charge in [0.2, 0.25) is 11.8 Å². The smallest absolute Gasteiger partial charge is 0.220 e. The average molecular weight is 280 g/mol. The van der Waals surface area contributed by atoms with E-state index < -0.39 is 0 Å². The molecule has 5 heteroatoms. The zero-order chi connectivity index (χ0) is 13.5. The summed E-state index contributed by atoms with van der Waals surface area (Å²) in [5.41, 5.74) is 1.00. The fourth-order valence-corrected chi connectivity index (χ4v) is 1.97. The Balaban J connectivity index is 1.89. The fourth-order valence-electron chi connectivity index (χ4n) is 1.76. The van der Waals surface area contributed by atoms with Gasteiger partial charge in [-0.1, -0.05) is 36.7 Å². The van der Waals surface area contributed by atoms with Crippen LogP contribution < -0.4 is 5.32 Å². The molecular weight excluding hydrogens is 262 g/mol. The molecule has 0 aliphatic carbocycles. The standard InChI is InChI=1S/C14H18ClN3O/c1-2-8-16-9-7-13-17-18-14(19-13)10-11-5-3-4-6-12(11)15/h3-6,16H,2,7-10H2,1H3. The molecule has 0 bridgehead atoms. The lowest BCUT2D eigenvalue weighted by molar-refractivity contribution is 0.451. The zero-order valence-electron chi connectivity index (χ0n) is 11.0. The van der Waals surface area contributed by atoms with Gasteiger partial charge in [-0.2, -0.15) is 0 Å². The van der Waals surface area contributed by atoms with Gasteiger partial charge in [-0.15, -0.1) is 10.2 Å². The quantitative estimate of drug-likeness (QED) is 0.792. The van der Waals surface area contributed by atoms with Crippen molar-refractivity contribution in [1.82, 2.24) is 15.5 Å². The summed E-state index contributed by atoms with van der Waals surface area (Å²) in [6.45, 7) is 4.02. The van der Waals surface area contributed by atoms with E-state index in [-0.39, 0.29) is 0 Å². The Morgan fingerprint density at radius 3 is 2.74 bits per heavy atom. The highest BCUT2D eigenvalue weighted by Crippen LogP contribution is 2.18. The van der Waals surface area contributed by atoms with E-state index in [1.54, 1.807) is 0 Å². The maximum Gasteiger partial charge on any atom is 0.220 e. The summed E-state index contributed by atoms with van der Waals surface area (Å²) in [5, 5.41) is 12.1. The summed E-state index contributed by atoms with van der Waals surface area (Å²) < 4.78 is 5.60. The predicted molar refractivity (Wildman–Crippen MR) is 75.4 cm³/mol. The SMILES string of the molecule is CCCNCCc1nnc(Cc2ccccc2Cl)o1. The van der Waals surface area contributed by atoms with Crippen LogP contribution in [0.4, 0.5) is 0 Å². The number of hydrogen-bond acceptors (Lipinski definition) is 4. The third-order valence-electron chi connectivity index (χ3n) is 2.75. The summed E-state index contributed by atoms with van der Waals surface area (Å²) >= 11 is 6.10. The molecule has 0 aliphatic rings. The second-order valence-corrected chi connectivity index (χ2v) is 4.76. The first-order chi connectivity index (χ1) is 9.29. The third kappa shape index (κ3) is 4.33. The lowest BCUT2D eigenvalue weighted by atomic mass is 10.1. The molecule has 19 heavy (non-hydrogen) atoms. The number of nitrogens with one attached hydrogen (secondary N) is 1. The molecule has 0 saturated heterocycles. The van der Waals surface area contributed by atoms with Crippen molar-refractivity contribution in [2.75, 3.05) is 13.1 Å². The normalized spacial score (nSPS) is 10.8. The van der Waals surface area contributed by atoms with Gasteiger partial charge in [-0.25, -0.2) is 0 Å². The van der Waals surface area contributed by atoms with Crippen molar-refractivity contribution in [3.05, 3.63) is 46.6 Å². The zero-order valence-corrected chi connectivity index (χ0v) is 11.8. The van der Waals surface area contributed by atoms with E-state index in [0.717, 1.165) is 36.5 Å². The van der Waals surface area contributed by atoms with Crippen LogP contribution in [0.25, 0.3) is 0 Å². The van der Waals surface area contributed by atoms with Gasteiger partial charge in [0.15, 0.2) is 0 Å². The van der Waals surface area contributed by atoms with Crippen molar-refractivity contribution in [1.29, 1.82) is 0 Å². The Kier molecular flexibility index (Phi) is 5.36. The molecule has 1 aromatic carbocycles. The molecule has 0 spiro atoms. The van der Waals surface area contributed by atoms with E-state index in [1.807, 2.05) is 24.3 Å². The first-order valence-corrected chi connectivity index (χ1v) is 6.92. The van der Waals surface area contributed by atoms with Crippen molar-refractivity contribution < 1.29 is 4.42 Å². The molecule has 0 fully saturated rings. The third-order valence-corrected chi connectivity index (χ3v) is 3.12. The fraction of sp³-hybridized carbons (Fsp3) is 0.429. The van der Waals surface area contributed by atoms with Crippen LogP contribution in [0.5, 0.6) is 0 Å². The summed E-state index contributed by atoms with van der Waals surface area (Å²) in [6, 6.07) is 7.69. The minimum Gasteiger partial charge on any atom is -0.425 e. The first kappa shape index (κ1) is 14.0. The Morgan fingerprint density at radius 2 is 1.95 bits per heavy atom. The molecule has 1 N–H and O–H groups in total. The van der Waals surface area contributed by atoms with E-state index in [0.29, 0.717) is 18.2 Å². The molecule has 4 nitrogen and oxygen atoms in total. The van der Waals surface area contributed by atoms with E-state index in [1.165, 1.54) is 0 Å². The van der Waals surface area contributed by atoms with E-state index >= 15 is 0 Å². The Morgan fingerprint density at radius 1 is 1.16 bits per heavy atom. The highest BCUT2D eigenvalue weighted by atomic mass is 35.5. The van der Waals surface area contributed by atoms with Crippen molar-refractivity contribution in [2.24, 2.45) is 0 Å². The summed E-state index contributed by atoms with van der Waals surface area (Å²) in [5.74, 6) is 1.28. The van der Waals surface area contributed by atoms with Crippen LogP contribution in [0.1, 0.15) is 30.7 Å². The minimum absolute atomic E-state index is 0.578. The van der Waals surface area contributed by atoms with Gasteiger partial charge in [0.05, 0.1) is 6.42 Å². The monoisotopic (exact) mass is 279 g/mol. The van der Waals surface area contributed by atoms with Crippen molar-refractivity contribution in [2.45, 2.75) is 26.2 Å². The van der Waals surface area contributed by atoms with Gasteiger partial charge < -0.3 is 9.73 Å². The number of hydrogen-bond donors (Lipinski definition) is 1. The highest BCUT2D eigenvalue weighted by Gasteiger charge is 2.08. The number of aromatic nitrogens is 2. The summed E-state index contributed by atoms with van der Waals surface area (Å²) in [6.07, 6.45) is 2.46. The molecule has 0 atom stereocenters. The maximum absolute atomic E-state index is 6.10. The van der Waals surface area contributed by atoms with Crippen LogP contribution in [0.2, 0.25) is 5.02 Å². The van der Waals surface area contributed by atoms with Crippen LogP contribution in [-0.4, -0.2) is 23.3 Å². The highest BCUT2D eigenvalue weighted by molar-refractivity contribution is 6.31. The van der Waals surface area contributed by atoms with Crippen LogP contribution in [-0.2, 0) is 12.8 Å². The second kappa shape index (κ2) is 7.26. The molecule has 0 saturated carbocycles. The minimum atomic E-state index is 0.578. The van der Waals surface area contributed by atoms with Crippen LogP contribution in [0, 0.1) is 0 Å². The average Bonchev–Trinajstić information content (AvgIpc) is 2.85. The molecule has 0 radical (unpaired) electrons. The van der Waals surface area contributed by atoms with E-state index in [2.05, 4.69) is 22.4 Å². The van der Waals surface area contributed by atoms with Gasteiger partial charge in [0.1, 0.15) is 0 Å². The van der Waals surface area contributed by atoms with Crippen LogP contribution >= 0.6 is 11.6 Å². The van der Waals surface area contributed by atoms with Crippen LogP contribution in [0.3, 0.4) is 0 Å². The molecule has 2 aromatic rings. The Hall–Kier alpha value is -1.39.